The average Bonchev–Trinajstić information content (AvgIpc) is 2.33. The van der Waals surface area contributed by atoms with Gasteiger partial charge in [-0.1, -0.05) is 12.1 Å². The first-order chi connectivity index (χ1) is 8.78. The topological polar surface area (TPSA) is 41.6 Å². The number of anilines is 1. The maximum absolute atomic E-state index is 11.8. The summed E-state index contributed by atoms with van der Waals surface area (Å²) in [6, 6.07) is 7.24. The molecule has 0 unspecified atom stereocenters. The predicted molar refractivity (Wildman–Crippen MR) is 65.0 cm³/mol. The third-order valence-corrected chi connectivity index (χ3v) is 2.26. The van der Waals surface area contributed by atoms with Crippen molar-refractivity contribution in [2.45, 2.75) is 12.7 Å². The zero-order valence-electron chi connectivity index (χ0n) is 10.6. The van der Waals surface area contributed by atoms with E-state index in [1.807, 2.05) is 31.1 Å². The van der Waals surface area contributed by atoms with Gasteiger partial charge in [-0.05, 0) is 17.7 Å². The second kappa shape index (κ2) is 6.31. The second-order valence-corrected chi connectivity index (χ2v) is 4.11. The Morgan fingerprint density at radius 1 is 1.26 bits per heavy atom. The molecule has 7 heteroatoms. The molecule has 0 aliphatic rings. The molecule has 0 aliphatic carbocycles. The highest BCUT2D eigenvalue weighted by Crippen LogP contribution is 2.14. The molecule has 4 nitrogen and oxygen atoms in total. The van der Waals surface area contributed by atoms with E-state index >= 15 is 0 Å². The fraction of sp³-hybridized carbons (Fsp3) is 0.417. The smallest absolute Gasteiger partial charge is 0.422 e. The van der Waals surface area contributed by atoms with Crippen molar-refractivity contribution in [3.8, 4) is 0 Å². The van der Waals surface area contributed by atoms with Crippen LogP contribution >= 0.6 is 0 Å². The van der Waals surface area contributed by atoms with Gasteiger partial charge in [-0.15, -0.1) is 0 Å². The van der Waals surface area contributed by atoms with E-state index in [1.165, 1.54) is 0 Å². The number of halogens is 3. The average molecular weight is 276 g/mol. The molecule has 106 valence electrons. The van der Waals surface area contributed by atoms with Gasteiger partial charge in [-0.2, -0.15) is 13.2 Å². The van der Waals surface area contributed by atoms with Gasteiger partial charge >= 0.3 is 12.3 Å². The minimum absolute atomic E-state index is 0.115. The summed E-state index contributed by atoms with van der Waals surface area (Å²) in [4.78, 5) is 12.9. The molecule has 0 radical (unpaired) electrons. The number of carbonyl (C=O) groups excluding carboxylic acids is 1. The van der Waals surface area contributed by atoms with Crippen molar-refractivity contribution in [3.05, 3.63) is 29.8 Å². The largest absolute Gasteiger partial charge is 0.440 e. The van der Waals surface area contributed by atoms with E-state index in [1.54, 1.807) is 12.1 Å². The van der Waals surface area contributed by atoms with Gasteiger partial charge in [0.1, 0.15) is 0 Å². The normalized spacial score (nSPS) is 11.0. The maximum atomic E-state index is 11.8. The van der Waals surface area contributed by atoms with Crippen LogP contribution in [0.3, 0.4) is 0 Å². The molecular formula is C12H15F3N2O2. The van der Waals surface area contributed by atoms with E-state index in [0.717, 1.165) is 11.3 Å². The van der Waals surface area contributed by atoms with Crippen LogP contribution in [0.15, 0.2) is 24.3 Å². The summed E-state index contributed by atoms with van der Waals surface area (Å²) in [6.07, 6.45) is -5.60. The van der Waals surface area contributed by atoms with E-state index in [9.17, 15) is 18.0 Å². The Kier molecular flexibility index (Phi) is 5.02. The number of alkyl carbamates (subject to hydrolysis) is 1. The van der Waals surface area contributed by atoms with Crippen molar-refractivity contribution in [2.75, 3.05) is 25.6 Å². The Morgan fingerprint density at radius 3 is 2.32 bits per heavy atom. The van der Waals surface area contributed by atoms with Gasteiger partial charge in [0.2, 0.25) is 0 Å². The van der Waals surface area contributed by atoms with Crippen LogP contribution < -0.4 is 10.2 Å². The summed E-state index contributed by atoms with van der Waals surface area (Å²) in [5, 5.41) is 2.25. The van der Waals surface area contributed by atoms with Crippen LogP contribution in [0.5, 0.6) is 0 Å². The molecule has 0 saturated carbocycles. The number of hydrogen-bond donors (Lipinski definition) is 1. The lowest BCUT2D eigenvalue weighted by atomic mass is 10.2. The van der Waals surface area contributed by atoms with Crippen LogP contribution in [0.4, 0.5) is 23.7 Å². The Hall–Kier alpha value is -1.92. The van der Waals surface area contributed by atoms with Gasteiger partial charge in [0, 0.05) is 26.3 Å². The number of alkyl halides is 3. The Balaban J connectivity index is 2.38. The third-order valence-electron chi connectivity index (χ3n) is 2.26. The van der Waals surface area contributed by atoms with Crippen LogP contribution in [0.2, 0.25) is 0 Å². The van der Waals surface area contributed by atoms with Gasteiger partial charge in [0.15, 0.2) is 6.61 Å². The molecular weight excluding hydrogens is 261 g/mol. The van der Waals surface area contributed by atoms with Crippen molar-refractivity contribution in [3.63, 3.8) is 0 Å². The Bertz CT molecular complexity index is 416. The maximum Gasteiger partial charge on any atom is 0.422 e. The predicted octanol–water partition coefficient (Wildman–Crippen LogP) is 2.54. The molecule has 0 atom stereocenters. The SMILES string of the molecule is CN(C)c1ccc(CNC(=O)OCC(F)(F)F)cc1. The molecule has 1 aromatic rings. The van der Waals surface area contributed by atoms with Crippen LogP contribution in [-0.2, 0) is 11.3 Å². The van der Waals surface area contributed by atoms with Gasteiger partial charge in [-0.25, -0.2) is 4.79 Å². The molecule has 0 aliphatic heterocycles. The van der Waals surface area contributed by atoms with Crippen molar-refractivity contribution in [1.29, 1.82) is 0 Å². The summed E-state index contributed by atoms with van der Waals surface area (Å²) in [5.74, 6) is 0. The molecule has 19 heavy (non-hydrogen) atoms. The highest BCUT2D eigenvalue weighted by atomic mass is 19.4. The van der Waals surface area contributed by atoms with Gasteiger partial charge < -0.3 is 15.0 Å². The number of benzene rings is 1. The summed E-state index contributed by atoms with van der Waals surface area (Å²) >= 11 is 0. The number of amides is 1. The zero-order chi connectivity index (χ0) is 14.5. The van der Waals surface area contributed by atoms with E-state index < -0.39 is 18.9 Å². The van der Waals surface area contributed by atoms with Crippen molar-refractivity contribution >= 4 is 11.8 Å². The number of hydrogen-bond acceptors (Lipinski definition) is 3. The molecule has 1 rings (SSSR count). The fourth-order valence-electron chi connectivity index (χ4n) is 1.28. The summed E-state index contributed by atoms with van der Waals surface area (Å²) in [6.45, 7) is -1.47. The molecule has 0 spiro atoms. The third kappa shape index (κ3) is 5.98. The number of ether oxygens (including phenoxy) is 1. The van der Waals surface area contributed by atoms with E-state index in [-0.39, 0.29) is 6.54 Å². The van der Waals surface area contributed by atoms with E-state index in [2.05, 4.69) is 10.1 Å². The first-order valence-electron chi connectivity index (χ1n) is 5.51. The zero-order valence-corrected chi connectivity index (χ0v) is 10.6. The lowest BCUT2D eigenvalue weighted by Crippen LogP contribution is -2.28. The number of carbonyl (C=O) groups is 1. The van der Waals surface area contributed by atoms with Gasteiger partial charge in [0.25, 0.3) is 0 Å². The van der Waals surface area contributed by atoms with Crippen LogP contribution in [0.1, 0.15) is 5.56 Å². The summed E-state index contributed by atoms with van der Waals surface area (Å²) in [5.41, 5.74) is 1.76. The summed E-state index contributed by atoms with van der Waals surface area (Å²) in [7, 11) is 3.78. The fourth-order valence-corrected chi connectivity index (χ4v) is 1.28. The first kappa shape index (κ1) is 15.1. The lowest BCUT2D eigenvalue weighted by Gasteiger charge is -2.13. The van der Waals surface area contributed by atoms with Crippen molar-refractivity contribution in [2.24, 2.45) is 0 Å². The Morgan fingerprint density at radius 2 is 1.84 bits per heavy atom. The minimum Gasteiger partial charge on any atom is -0.440 e. The first-order valence-corrected chi connectivity index (χ1v) is 5.51. The van der Waals surface area contributed by atoms with Crippen molar-refractivity contribution < 1.29 is 22.7 Å². The monoisotopic (exact) mass is 276 g/mol. The molecule has 1 aromatic carbocycles. The van der Waals surface area contributed by atoms with Crippen molar-refractivity contribution in [1.82, 2.24) is 5.32 Å². The van der Waals surface area contributed by atoms with Crippen LogP contribution in [0.25, 0.3) is 0 Å². The minimum atomic E-state index is -4.51. The molecule has 0 fully saturated rings. The molecule has 0 bridgehead atoms. The highest BCUT2D eigenvalue weighted by molar-refractivity contribution is 5.67. The number of nitrogens with one attached hydrogen (secondary N) is 1. The van der Waals surface area contributed by atoms with Gasteiger partial charge in [-0.3, -0.25) is 0 Å². The molecule has 1 amide bonds. The highest BCUT2D eigenvalue weighted by Gasteiger charge is 2.29. The standard InChI is InChI=1S/C12H15F3N2O2/c1-17(2)10-5-3-9(4-6-10)7-16-11(18)19-8-12(13,14)15/h3-6H,7-8H2,1-2H3,(H,16,18). The van der Waals surface area contributed by atoms with E-state index in [4.69, 9.17) is 0 Å². The van der Waals surface area contributed by atoms with E-state index in [0.29, 0.717) is 0 Å². The quantitative estimate of drug-likeness (QED) is 0.918. The molecule has 0 saturated heterocycles. The summed E-state index contributed by atoms with van der Waals surface area (Å²) < 4.78 is 39.4. The van der Waals surface area contributed by atoms with Crippen LogP contribution in [-0.4, -0.2) is 33.0 Å². The van der Waals surface area contributed by atoms with Gasteiger partial charge in [0.05, 0.1) is 0 Å². The number of nitrogens with zero attached hydrogens (tertiary/aromatic N) is 1. The number of rotatable bonds is 4. The van der Waals surface area contributed by atoms with Crippen LogP contribution in [0, 0.1) is 0 Å². The second-order valence-electron chi connectivity index (χ2n) is 4.11. The molecule has 1 N–H and O–H groups in total. The lowest BCUT2D eigenvalue weighted by molar-refractivity contribution is -0.160. The molecule has 0 aromatic heterocycles. The molecule has 0 heterocycles. The Labute approximate surface area is 109 Å².